The number of nitrogens with one attached hydrogen (secondary N) is 2. The Hall–Kier alpha value is -2.90. The summed E-state index contributed by atoms with van der Waals surface area (Å²) in [5.74, 6) is 0.887. The van der Waals surface area contributed by atoms with Crippen molar-refractivity contribution in [2.75, 3.05) is 11.9 Å². The van der Waals surface area contributed by atoms with Crippen LogP contribution in [0.4, 0.5) is 5.69 Å². The van der Waals surface area contributed by atoms with Crippen LogP contribution in [0.1, 0.15) is 36.2 Å². The zero-order chi connectivity index (χ0) is 23.6. The maximum Gasteiger partial charge on any atom is 0.261 e. The SMILES string of the molecule is CCC(C)Oc1cccc(NC(=S)NC(=O)c2cc(Br)ccc2OCCc2ccccc2)c1. The van der Waals surface area contributed by atoms with E-state index in [0.29, 0.717) is 17.9 Å². The van der Waals surface area contributed by atoms with Crippen LogP contribution in [-0.4, -0.2) is 23.7 Å². The van der Waals surface area contributed by atoms with Crippen LogP contribution in [0.25, 0.3) is 0 Å². The lowest BCUT2D eigenvalue weighted by atomic mass is 10.1. The molecule has 0 aliphatic heterocycles. The molecule has 0 heterocycles. The van der Waals surface area contributed by atoms with E-state index in [0.717, 1.165) is 28.8 Å². The number of thiocarbonyl (C=S) groups is 1. The third-order valence-electron chi connectivity index (χ3n) is 4.91. The molecule has 0 saturated carbocycles. The predicted molar refractivity (Wildman–Crippen MR) is 140 cm³/mol. The lowest BCUT2D eigenvalue weighted by Gasteiger charge is -2.15. The fraction of sp³-hybridized carbons (Fsp3) is 0.231. The summed E-state index contributed by atoms with van der Waals surface area (Å²) in [7, 11) is 0. The first-order valence-corrected chi connectivity index (χ1v) is 12.0. The Bertz CT molecular complexity index is 1090. The number of anilines is 1. The Labute approximate surface area is 208 Å². The van der Waals surface area contributed by atoms with Gasteiger partial charge in [0.05, 0.1) is 18.3 Å². The fourth-order valence-electron chi connectivity index (χ4n) is 3.02. The van der Waals surface area contributed by atoms with Crippen molar-refractivity contribution >= 4 is 44.9 Å². The van der Waals surface area contributed by atoms with Crippen molar-refractivity contribution in [2.45, 2.75) is 32.8 Å². The van der Waals surface area contributed by atoms with Gasteiger partial charge in [0.15, 0.2) is 5.11 Å². The zero-order valence-corrected chi connectivity index (χ0v) is 21.0. The molecule has 0 radical (unpaired) electrons. The van der Waals surface area contributed by atoms with E-state index in [9.17, 15) is 4.79 Å². The van der Waals surface area contributed by atoms with Gasteiger partial charge in [-0.1, -0.05) is 59.3 Å². The molecular weight excluding hydrogens is 500 g/mol. The molecule has 1 atom stereocenters. The maximum absolute atomic E-state index is 12.9. The monoisotopic (exact) mass is 526 g/mol. The van der Waals surface area contributed by atoms with Gasteiger partial charge in [-0.25, -0.2) is 0 Å². The van der Waals surface area contributed by atoms with Crippen LogP contribution < -0.4 is 20.1 Å². The normalized spacial score (nSPS) is 11.4. The molecule has 1 amide bonds. The Kier molecular flexibility index (Phi) is 9.27. The van der Waals surface area contributed by atoms with E-state index >= 15 is 0 Å². The molecule has 3 aromatic carbocycles. The Morgan fingerprint density at radius 1 is 1.06 bits per heavy atom. The molecule has 5 nitrogen and oxygen atoms in total. The summed E-state index contributed by atoms with van der Waals surface area (Å²) in [4.78, 5) is 12.9. The number of hydrogen-bond acceptors (Lipinski definition) is 4. The minimum atomic E-state index is -0.351. The highest BCUT2D eigenvalue weighted by atomic mass is 79.9. The summed E-state index contributed by atoms with van der Waals surface area (Å²) >= 11 is 8.78. The van der Waals surface area contributed by atoms with E-state index in [1.807, 2.05) is 67.6 Å². The van der Waals surface area contributed by atoms with Gasteiger partial charge in [0.1, 0.15) is 11.5 Å². The second-order valence-corrected chi connectivity index (χ2v) is 8.82. The fourth-order valence-corrected chi connectivity index (χ4v) is 3.60. The van der Waals surface area contributed by atoms with Crippen LogP contribution in [0, 0.1) is 0 Å². The first kappa shape index (κ1) is 24.7. The first-order chi connectivity index (χ1) is 15.9. The van der Waals surface area contributed by atoms with Crippen LogP contribution >= 0.6 is 28.1 Å². The van der Waals surface area contributed by atoms with Crippen LogP contribution in [-0.2, 0) is 6.42 Å². The van der Waals surface area contributed by atoms with Crippen molar-refractivity contribution in [1.29, 1.82) is 0 Å². The van der Waals surface area contributed by atoms with Crippen molar-refractivity contribution in [2.24, 2.45) is 0 Å². The number of rotatable bonds is 9. The van der Waals surface area contributed by atoms with Crippen molar-refractivity contribution in [3.8, 4) is 11.5 Å². The van der Waals surface area contributed by atoms with Gasteiger partial charge in [-0.3, -0.25) is 10.1 Å². The van der Waals surface area contributed by atoms with E-state index < -0.39 is 0 Å². The second-order valence-electron chi connectivity index (χ2n) is 7.50. The summed E-state index contributed by atoms with van der Waals surface area (Å²) in [6.45, 7) is 4.54. The molecule has 0 aliphatic rings. The summed E-state index contributed by atoms with van der Waals surface area (Å²) in [6, 6.07) is 22.9. The molecule has 3 rings (SSSR count). The highest BCUT2D eigenvalue weighted by Crippen LogP contribution is 2.24. The van der Waals surface area contributed by atoms with E-state index in [1.165, 1.54) is 5.56 Å². The minimum absolute atomic E-state index is 0.115. The van der Waals surface area contributed by atoms with Crippen LogP contribution in [0.5, 0.6) is 11.5 Å². The predicted octanol–water partition coefficient (Wildman–Crippen LogP) is 6.37. The third-order valence-corrected chi connectivity index (χ3v) is 5.61. The van der Waals surface area contributed by atoms with Crippen molar-refractivity contribution < 1.29 is 14.3 Å². The standard InChI is InChI=1S/C26H27BrN2O3S/c1-3-18(2)32-22-11-7-10-21(17-22)28-26(33)29-25(30)23-16-20(27)12-13-24(23)31-15-14-19-8-5-4-6-9-19/h4-13,16-18H,3,14-15H2,1-2H3,(H2,28,29,30,33). The Balaban J connectivity index is 1.61. The number of halogens is 1. The lowest BCUT2D eigenvalue weighted by molar-refractivity contribution is 0.0973. The van der Waals surface area contributed by atoms with E-state index in [2.05, 4.69) is 33.5 Å². The first-order valence-electron chi connectivity index (χ1n) is 10.8. The summed E-state index contributed by atoms with van der Waals surface area (Å²) < 4.78 is 12.5. The maximum atomic E-state index is 12.9. The molecule has 7 heteroatoms. The number of carbonyl (C=O) groups excluding carboxylic acids is 1. The number of carbonyl (C=O) groups is 1. The summed E-state index contributed by atoms with van der Waals surface area (Å²) in [5, 5.41) is 5.96. The van der Waals surface area contributed by atoms with Crippen LogP contribution in [0.2, 0.25) is 0 Å². The molecule has 2 N–H and O–H groups in total. The molecule has 0 spiro atoms. The second kappa shape index (κ2) is 12.4. The van der Waals surface area contributed by atoms with Crippen molar-refractivity contribution in [3.63, 3.8) is 0 Å². The zero-order valence-electron chi connectivity index (χ0n) is 18.6. The molecule has 3 aromatic rings. The van der Waals surface area contributed by atoms with Gasteiger partial charge in [0.2, 0.25) is 0 Å². The van der Waals surface area contributed by atoms with E-state index in [-0.39, 0.29) is 17.1 Å². The highest BCUT2D eigenvalue weighted by Gasteiger charge is 2.15. The van der Waals surface area contributed by atoms with E-state index in [1.54, 1.807) is 12.1 Å². The summed E-state index contributed by atoms with van der Waals surface area (Å²) in [6.07, 6.45) is 1.77. The van der Waals surface area contributed by atoms with E-state index in [4.69, 9.17) is 21.7 Å². The molecule has 33 heavy (non-hydrogen) atoms. The average Bonchev–Trinajstić information content (AvgIpc) is 2.80. The van der Waals surface area contributed by atoms with Gasteiger partial charge in [-0.2, -0.15) is 0 Å². The van der Waals surface area contributed by atoms with Gasteiger partial charge in [0.25, 0.3) is 5.91 Å². The molecule has 0 aromatic heterocycles. The molecule has 0 saturated heterocycles. The van der Waals surface area contributed by atoms with Gasteiger partial charge < -0.3 is 14.8 Å². The van der Waals surface area contributed by atoms with Crippen molar-refractivity contribution in [3.05, 3.63) is 88.4 Å². The average molecular weight is 527 g/mol. The summed E-state index contributed by atoms with van der Waals surface area (Å²) in [5.41, 5.74) is 2.30. The van der Waals surface area contributed by atoms with Crippen molar-refractivity contribution in [1.82, 2.24) is 5.32 Å². The number of ether oxygens (including phenoxy) is 2. The third kappa shape index (κ3) is 7.87. The number of benzene rings is 3. The highest BCUT2D eigenvalue weighted by molar-refractivity contribution is 9.10. The quantitative estimate of drug-likeness (QED) is 0.317. The van der Waals surface area contributed by atoms with Gasteiger partial charge in [0, 0.05) is 22.6 Å². The minimum Gasteiger partial charge on any atom is -0.492 e. The number of hydrogen-bond donors (Lipinski definition) is 2. The molecule has 0 bridgehead atoms. The molecule has 1 unspecified atom stereocenters. The number of amides is 1. The Morgan fingerprint density at radius 2 is 1.85 bits per heavy atom. The molecule has 0 aliphatic carbocycles. The Morgan fingerprint density at radius 3 is 2.61 bits per heavy atom. The van der Waals surface area contributed by atoms with Gasteiger partial charge >= 0.3 is 0 Å². The van der Waals surface area contributed by atoms with Gasteiger partial charge in [-0.15, -0.1) is 0 Å². The van der Waals surface area contributed by atoms with Gasteiger partial charge in [-0.05, 0) is 61.5 Å². The van der Waals surface area contributed by atoms with Crippen LogP contribution in [0.3, 0.4) is 0 Å². The molecule has 0 fully saturated rings. The lowest BCUT2D eigenvalue weighted by Crippen LogP contribution is -2.34. The topological polar surface area (TPSA) is 59.6 Å². The van der Waals surface area contributed by atoms with Crippen LogP contribution in [0.15, 0.2) is 77.3 Å². The molecular formula is C26H27BrN2O3S. The largest absolute Gasteiger partial charge is 0.492 e. The molecule has 172 valence electrons. The smallest absolute Gasteiger partial charge is 0.261 e.